The van der Waals surface area contributed by atoms with E-state index >= 15 is 0 Å². The van der Waals surface area contributed by atoms with Crippen LogP contribution in [0.15, 0.2) is 77.3 Å². The van der Waals surface area contributed by atoms with E-state index in [0.29, 0.717) is 17.0 Å². The van der Waals surface area contributed by atoms with Gasteiger partial charge in [-0.15, -0.1) is 0 Å². The number of amides is 3. The molecule has 0 radical (unpaired) electrons. The second-order valence-corrected chi connectivity index (χ2v) is 9.30. The molecule has 2 aliphatic rings. The van der Waals surface area contributed by atoms with Crippen LogP contribution in [0.3, 0.4) is 0 Å². The Morgan fingerprint density at radius 1 is 0.971 bits per heavy atom. The molecule has 2 saturated heterocycles. The number of hydrogen-bond acceptors (Lipinski definition) is 5. The number of halogens is 1. The minimum atomic E-state index is -0.975. The zero-order chi connectivity index (χ0) is 24.0. The standard InChI is InChI=1S/C26H22BrN3O4/c1-15-9-11-19(12-10-15)29-25(32)21-22(16-5-4-8-20(14-16)34-2)28-30(23(21)26(29)33)24(31)17-6-3-7-18(27)13-17/h3-14,21-23,28H,1-2H3. The lowest BCUT2D eigenvalue weighted by molar-refractivity contribution is -0.123. The molecule has 2 aliphatic heterocycles. The van der Waals surface area contributed by atoms with Crippen LogP contribution in [0.1, 0.15) is 27.5 Å². The number of anilines is 1. The van der Waals surface area contributed by atoms with Gasteiger partial charge in [0, 0.05) is 10.0 Å². The minimum absolute atomic E-state index is 0.344. The number of rotatable bonds is 4. The Morgan fingerprint density at radius 3 is 2.41 bits per heavy atom. The van der Waals surface area contributed by atoms with Crippen LogP contribution in [-0.2, 0) is 9.59 Å². The van der Waals surface area contributed by atoms with Crippen LogP contribution in [0.2, 0.25) is 0 Å². The van der Waals surface area contributed by atoms with Gasteiger partial charge in [0.2, 0.25) is 5.91 Å². The van der Waals surface area contributed by atoms with E-state index in [1.807, 2.05) is 43.3 Å². The zero-order valence-electron chi connectivity index (χ0n) is 18.6. The molecule has 172 valence electrons. The Bertz CT molecular complexity index is 1290. The van der Waals surface area contributed by atoms with Gasteiger partial charge >= 0.3 is 0 Å². The van der Waals surface area contributed by atoms with Crippen LogP contribution in [-0.4, -0.2) is 35.9 Å². The maximum Gasteiger partial charge on any atom is 0.268 e. The van der Waals surface area contributed by atoms with Gasteiger partial charge < -0.3 is 4.74 Å². The van der Waals surface area contributed by atoms with Crippen molar-refractivity contribution in [3.8, 4) is 5.75 Å². The molecule has 0 spiro atoms. The summed E-state index contributed by atoms with van der Waals surface area (Å²) in [7, 11) is 1.57. The van der Waals surface area contributed by atoms with Gasteiger partial charge in [-0.3, -0.25) is 19.4 Å². The molecule has 2 fully saturated rings. The van der Waals surface area contributed by atoms with E-state index in [9.17, 15) is 14.4 Å². The zero-order valence-corrected chi connectivity index (χ0v) is 20.2. The van der Waals surface area contributed by atoms with E-state index in [2.05, 4.69) is 21.4 Å². The summed E-state index contributed by atoms with van der Waals surface area (Å²) < 4.78 is 6.10. The number of aryl methyl sites for hydroxylation is 1. The summed E-state index contributed by atoms with van der Waals surface area (Å²) >= 11 is 3.39. The van der Waals surface area contributed by atoms with E-state index in [-0.39, 0.29) is 11.8 Å². The molecule has 8 heteroatoms. The van der Waals surface area contributed by atoms with Crippen molar-refractivity contribution < 1.29 is 19.1 Å². The topological polar surface area (TPSA) is 79.0 Å². The summed E-state index contributed by atoms with van der Waals surface area (Å²) in [6.07, 6.45) is 0. The third kappa shape index (κ3) is 3.69. The van der Waals surface area contributed by atoms with Crippen LogP contribution in [0.4, 0.5) is 5.69 Å². The van der Waals surface area contributed by atoms with Gasteiger partial charge in [-0.05, 0) is 55.0 Å². The number of nitrogens with zero attached hydrogens (tertiary/aromatic N) is 2. The fourth-order valence-electron chi connectivity index (χ4n) is 4.60. The highest BCUT2D eigenvalue weighted by molar-refractivity contribution is 9.10. The molecule has 34 heavy (non-hydrogen) atoms. The second-order valence-electron chi connectivity index (χ2n) is 8.39. The van der Waals surface area contributed by atoms with Crippen LogP contribution >= 0.6 is 15.9 Å². The fraction of sp³-hybridized carbons (Fsp3) is 0.192. The van der Waals surface area contributed by atoms with Crippen molar-refractivity contribution in [2.45, 2.75) is 19.0 Å². The van der Waals surface area contributed by atoms with Gasteiger partial charge in [0.1, 0.15) is 11.8 Å². The quantitative estimate of drug-likeness (QED) is 0.526. The van der Waals surface area contributed by atoms with E-state index in [1.165, 1.54) is 9.91 Å². The molecule has 3 aromatic carbocycles. The molecule has 7 nitrogen and oxygen atoms in total. The number of ether oxygens (including phenoxy) is 1. The maximum absolute atomic E-state index is 13.7. The van der Waals surface area contributed by atoms with Crippen LogP contribution < -0.4 is 15.1 Å². The van der Waals surface area contributed by atoms with E-state index in [0.717, 1.165) is 15.6 Å². The highest BCUT2D eigenvalue weighted by Crippen LogP contribution is 2.42. The molecule has 2 heterocycles. The van der Waals surface area contributed by atoms with E-state index < -0.39 is 23.9 Å². The van der Waals surface area contributed by atoms with Crippen LogP contribution in [0, 0.1) is 12.8 Å². The molecule has 5 rings (SSSR count). The molecule has 3 amide bonds. The fourth-order valence-corrected chi connectivity index (χ4v) is 4.99. The molecule has 3 aromatic rings. The molecule has 1 N–H and O–H groups in total. The summed E-state index contributed by atoms with van der Waals surface area (Å²) in [6.45, 7) is 1.94. The van der Waals surface area contributed by atoms with Gasteiger partial charge in [-0.2, -0.15) is 0 Å². The number of hydrogen-bond donors (Lipinski definition) is 1. The second kappa shape index (κ2) is 8.70. The first-order chi connectivity index (χ1) is 16.4. The lowest BCUT2D eigenvalue weighted by Gasteiger charge is -2.25. The minimum Gasteiger partial charge on any atom is -0.497 e. The van der Waals surface area contributed by atoms with Crippen molar-refractivity contribution in [2.75, 3.05) is 12.0 Å². The average molecular weight is 520 g/mol. The number of carbonyl (C=O) groups excluding carboxylic acids is 3. The Hall–Kier alpha value is -3.49. The van der Waals surface area contributed by atoms with Crippen molar-refractivity contribution in [3.05, 3.63) is 94.0 Å². The number of nitrogens with one attached hydrogen (secondary N) is 1. The van der Waals surface area contributed by atoms with E-state index in [1.54, 1.807) is 43.5 Å². The lowest BCUT2D eigenvalue weighted by Crippen LogP contribution is -2.48. The number of imide groups is 1. The lowest BCUT2D eigenvalue weighted by atomic mass is 9.90. The molecular formula is C26H22BrN3O4. The predicted molar refractivity (Wildman–Crippen MR) is 130 cm³/mol. The molecule has 0 saturated carbocycles. The van der Waals surface area contributed by atoms with Crippen molar-refractivity contribution >= 4 is 39.3 Å². The largest absolute Gasteiger partial charge is 0.497 e. The SMILES string of the molecule is COc1cccc(C2NN(C(=O)c3cccc(Br)c3)C3C(=O)N(c4ccc(C)cc4)C(=O)C23)c1. The molecule has 3 atom stereocenters. The average Bonchev–Trinajstić information content (AvgIpc) is 3.36. The van der Waals surface area contributed by atoms with Gasteiger partial charge in [-0.25, -0.2) is 10.3 Å². The Balaban J connectivity index is 1.59. The first-order valence-electron chi connectivity index (χ1n) is 10.8. The third-order valence-electron chi connectivity index (χ3n) is 6.27. The van der Waals surface area contributed by atoms with E-state index in [4.69, 9.17) is 4.74 Å². The smallest absolute Gasteiger partial charge is 0.268 e. The monoisotopic (exact) mass is 519 g/mol. The summed E-state index contributed by atoms with van der Waals surface area (Å²) in [4.78, 5) is 42.0. The number of hydrazine groups is 1. The van der Waals surface area contributed by atoms with Crippen LogP contribution in [0.5, 0.6) is 5.75 Å². The summed E-state index contributed by atoms with van der Waals surface area (Å²) in [5, 5.41) is 1.31. The molecular weight excluding hydrogens is 498 g/mol. The molecule has 0 aliphatic carbocycles. The van der Waals surface area contributed by atoms with Crippen molar-refractivity contribution in [2.24, 2.45) is 5.92 Å². The maximum atomic E-state index is 13.7. The molecule has 0 aromatic heterocycles. The predicted octanol–water partition coefficient (Wildman–Crippen LogP) is 4.03. The highest BCUT2D eigenvalue weighted by atomic mass is 79.9. The number of carbonyl (C=O) groups is 3. The van der Waals surface area contributed by atoms with Gasteiger partial charge in [-0.1, -0.05) is 51.8 Å². The summed E-state index contributed by atoms with van der Waals surface area (Å²) in [5.41, 5.74) is 5.84. The summed E-state index contributed by atoms with van der Waals surface area (Å²) in [5.74, 6) is -1.31. The molecule has 0 bridgehead atoms. The molecule has 3 unspecified atom stereocenters. The first-order valence-corrected chi connectivity index (χ1v) is 11.6. The number of fused-ring (bicyclic) bond motifs is 1. The van der Waals surface area contributed by atoms with Crippen molar-refractivity contribution in [1.82, 2.24) is 10.4 Å². The highest BCUT2D eigenvalue weighted by Gasteiger charge is 2.60. The Morgan fingerprint density at radius 2 is 1.71 bits per heavy atom. The third-order valence-corrected chi connectivity index (χ3v) is 6.76. The first kappa shape index (κ1) is 22.3. The normalized spacial score (nSPS) is 21.7. The number of benzene rings is 3. The van der Waals surface area contributed by atoms with Crippen LogP contribution in [0.25, 0.3) is 0 Å². The number of methoxy groups -OCH3 is 1. The Kier molecular flexibility index (Phi) is 5.71. The van der Waals surface area contributed by atoms with Gasteiger partial charge in [0.25, 0.3) is 11.8 Å². The van der Waals surface area contributed by atoms with Gasteiger partial charge in [0.05, 0.1) is 24.8 Å². The van der Waals surface area contributed by atoms with Crippen molar-refractivity contribution in [1.29, 1.82) is 0 Å². The Labute approximate surface area is 205 Å². The van der Waals surface area contributed by atoms with Gasteiger partial charge in [0.15, 0.2) is 0 Å². The summed E-state index contributed by atoms with van der Waals surface area (Å²) in [6, 6.07) is 19.9. The van der Waals surface area contributed by atoms with Crippen molar-refractivity contribution in [3.63, 3.8) is 0 Å².